The Morgan fingerprint density at radius 2 is 2.08 bits per heavy atom. The highest BCUT2D eigenvalue weighted by Gasteiger charge is 2.11. The number of ether oxygens (including phenoxy) is 2. The van der Waals surface area contributed by atoms with E-state index in [2.05, 4.69) is 15.8 Å². The third kappa shape index (κ3) is 8.28. The number of carbonyl (C=O) groups is 2. The van der Waals surface area contributed by atoms with Gasteiger partial charge in [-0.1, -0.05) is 12.1 Å². The summed E-state index contributed by atoms with van der Waals surface area (Å²) >= 11 is 0. The summed E-state index contributed by atoms with van der Waals surface area (Å²) in [5.74, 6) is -0.814. The van der Waals surface area contributed by atoms with Crippen molar-refractivity contribution in [2.24, 2.45) is 5.10 Å². The highest BCUT2D eigenvalue weighted by molar-refractivity contribution is 6.35. The third-order valence-corrected chi connectivity index (χ3v) is 2.81. The lowest BCUT2D eigenvalue weighted by Crippen LogP contribution is -2.38. The fraction of sp³-hybridized carbons (Fsp3) is 0.471. The van der Waals surface area contributed by atoms with Gasteiger partial charge in [0.15, 0.2) is 0 Å². The Hall–Kier alpha value is -2.41. The van der Waals surface area contributed by atoms with Gasteiger partial charge in [0.1, 0.15) is 5.75 Å². The van der Waals surface area contributed by atoms with Gasteiger partial charge in [-0.3, -0.25) is 9.59 Å². The van der Waals surface area contributed by atoms with E-state index in [1.165, 1.54) is 6.21 Å². The predicted octanol–water partition coefficient (Wildman–Crippen LogP) is 1.47. The molecule has 0 bridgehead atoms. The van der Waals surface area contributed by atoms with E-state index >= 15 is 0 Å². The number of hydrazone groups is 1. The average Bonchev–Trinajstić information content (AvgIpc) is 2.54. The Kier molecular flexibility index (Phi) is 9.14. The minimum Gasteiger partial charge on any atom is -0.494 e. The first-order valence-electron chi connectivity index (χ1n) is 7.98. The second kappa shape index (κ2) is 11.2. The molecular weight excluding hydrogens is 310 g/mol. The van der Waals surface area contributed by atoms with Gasteiger partial charge in [-0.2, -0.15) is 5.10 Å². The first kappa shape index (κ1) is 19.6. The maximum atomic E-state index is 11.6. The maximum absolute atomic E-state index is 11.6. The van der Waals surface area contributed by atoms with Crippen LogP contribution in [0.2, 0.25) is 0 Å². The highest BCUT2D eigenvalue weighted by atomic mass is 16.5. The van der Waals surface area contributed by atoms with Crippen LogP contribution in [0.25, 0.3) is 0 Å². The first-order chi connectivity index (χ1) is 11.5. The van der Waals surface area contributed by atoms with Gasteiger partial charge in [-0.05, 0) is 44.9 Å². The van der Waals surface area contributed by atoms with Crippen molar-refractivity contribution in [3.63, 3.8) is 0 Å². The van der Waals surface area contributed by atoms with Crippen molar-refractivity contribution in [2.75, 3.05) is 19.8 Å². The molecule has 1 aromatic carbocycles. The number of rotatable bonds is 9. The van der Waals surface area contributed by atoms with E-state index in [1.807, 2.05) is 39.0 Å². The molecule has 0 spiro atoms. The molecule has 0 unspecified atom stereocenters. The number of amides is 2. The second-order valence-electron chi connectivity index (χ2n) is 5.23. The molecule has 132 valence electrons. The number of hydrogen-bond donors (Lipinski definition) is 2. The summed E-state index contributed by atoms with van der Waals surface area (Å²) in [4.78, 5) is 23.1. The molecule has 0 heterocycles. The van der Waals surface area contributed by atoms with Crippen LogP contribution in [0.15, 0.2) is 29.4 Å². The third-order valence-electron chi connectivity index (χ3n) is 2.81. The smallest absolute Gasteiger partial charge is 0.329 e. The van der Waals surface area contributed by atoms with Crippen molar-refractivity contribution in [3.05, 3.63) is 29.8 Å². The van der Waals surface area contributed by atoms with Gasteiger partial charge in [0.25, 0.3) is 0 Å². The first-order valence-corrected chi connectivity index (χ1v) is 7.98. The molecule has 7 nitrogen and oxygen atoms in total. The molecular formula is C17H25N3O4. The van der Waals surface area contributed by atoms with Crippen LogP contribution >= 0.6 is 0 Å². The summed E-state index contributed by atoms with van der Waals surface area (Å²) in [6.07, 6.45) is 2.24. The molecule has 0 saturated carbocycles. The predicted molar refractivity (Wildman–Crippen MR) is 92.1 cm³/mol. The monoisotopic (exact) mass is 335 g/mol. The van der Waals surface area contributed by atoms with Gasteiger partial charge in [0.05, 0.1) is 18.9 Å². The zero-order chi connectivity index (χ0) is 17.8. The lowest BCUT2D eigenvalue weighted by molar-refractivity contribution is -0.139. The van der Waals surface area contributed by atoms with Crippen LogP contribution in [0.1, 0.15) is 32.8 Å². The van der Waals surface area contributed by atoms with Crippen LogP contribution in [0.5, 0.6) is 5.75 Å². The van der Waals surface area contributed by atoms with Crippen molar-refractivity contribution in [1.29, 1.82) is 0 Å². The summed E-state index contributed by atoms with van der Waals surface area (Å²) < 4.78 is 10.7. The topological polar surface area (TPSA) is 89.0 Å². The van der Waals surface area contributed by atoms with Gasteiger partial charge in [-0.15, -0.1) is 0 Å². The number of nitrogens with one attached hydrogen (secondary N) is 2. The number of benzene rings is 1. The van der Waals surface area contributed by atoms with Crippen LogP contribution < -0.4 is 15.5 Å². The molecule has 24 heavy (non-hydrogen) atoms. The molecule has 0 radical (unpaired) electrons. The average molecular weight is 335 g/mol. The quantitative estimate of drug-likeness (QED) is 0.309. The molecule has 0 aliphatic rings. The summed E-state index contributed by atoms with van der Waals surface area (Å²) in [5, 5.41) is 6.27. The summed E-state index contributed by atoms with van der Waals surface area (Å²) in [7, 11) is 0. The van der Waals surface area contributed by atoms with E-state index in [9.17, 15) is 9.59 Å². The fourth-order valence-electron chi connectivity index (χ4n) is 1.74. The molecule has 1 aromatic rings. The maximum Gasteiger partial charge on any atom is 0.329 e. The molecule has 0 aliphatic carbocycles. The zero-order valence-corrected chi connectivity index (χ0v) is 14.4. The molecule has 1 rings (SSSR count). The van der Waals surface area contributed by atoms with E-state index in [4.69, 9.17) is 9.47 Å². The number of hydrogen-bond acceptors (Lipinski definition) is 5. The number of nitrogens with zero attached hydrogens (tertiary/aromatic N) is 1. The molecule has 0 saturated heterocycles. The Balaban J connectivity index is 2.31. The van der Waals surface area contributed by atoms with Crippen molar-refractivity contribution in [1.82, 2.24) is 10.7 Å². The highest BCUT2D eigenvalue weighted by Crippen LogP contribution is 2.11. The van der Waals surface area contributed by atoms with E-state index < -0.39 is 11.8 Å². The minimum absolute atomic E-state index is 0.152. The molecule has 0 aliphatic heterocycles. The van der Waals surface area contributed by atoms with Crippen molar-refractivity contribution in [3.8, 4) is 5.75 Å². The normalized spacial score (nSPS) is 10.8. The molecule has 0 aromatic heterocycles. The molecule has 0 fully saturated rings. The van der Waals surface area contributed by atoms with Crippen LogP contribution in [-0.2, 0) is 14.3 Å². The Morgan fingerprint density at radius 1 is 1.29 bits per heavy atom. The van der Waals surface area contributed by atoms with Gasteiger partial charge in [0, 0.05) is 13.2 Å². The number of carbonyl (C=O) groups excluding carboxylic acids is 2. The van der Waals surface area contributed by atoms with Gasteiger partial charge < -0.3 is 14.8 Å². The second-order valence-corrected chi connectivity index (χ2v) is 5.23. The largest absolute Gasteiger partial charge is 0.494 e. The lowest BCUT2D eigenvalue weighted by atomic mass is 10.2. The summed E-state index contributed by atoms with van der Waals surface area (Å²) in [6, 6.07) is 7.25. The van der Waals surface area contributed by atoms with Gasteiger partial charge >= 0.3 is 11.8 Å². The van der Waals surface area contributed by atoms with Crippen molar-refractivity contribution < 1.29 is 19.1 Å². The van der Waals surface area contributed by atoms with E-state index in [1.54, 1.807) is 6.07 Å². The summed E-state index contributed by atoms with van der Waals surface area (Å²) in [5.41, 5.74) is 2.94. The molecule has 2 N–H and O–H groups in total. The SMILES string of the molecule is CCOc1cccc(/C=N\NC(=O)C(=O)NCCCOC(C)C)c1. The molecule has 0 atom stereocenters. The van der Waals surface area contributed by atoms with Gasteiger partial charge in [-0.25, -0.2) is 5.43 Å². The van der Waals surface area contributed by atoms with E-state index in [-0.39, 0.29) is 6.10 Å². The van der Waals surface area contributed by atoms with Crippen molar-refractivity contribution in [2.45, 2.75) is 33.3 Å². The minimum atomic E-state index is -0.808. The zero-order valence-electron chi connectivity index (χ0n) is 14.4. The van der Waals surface area contributed by atoms with Crippen LogP contribution in [0.4, 0.5) is 0 Å². The van der Waals surface area contributed by atoms with E-state index in [0.29, 0.717) is 31.9 Å². The molecule has 7 heteroatoms. The Morgan fingerprint density at radius 3 is 2.79 bits per heavy atom. The summed E-state index contributed by atoms with van der Waals surface area (Å²) in [6.45, 7) is 7.25. The van der Waals surface area contributed by atoms with E-state index in [0.717, 1.165) is 5.56 Å². The van der Waals surface area contributed by atoms with Crippen molar-refractivity contribution >= 4 is 18.0 Å². The fourth-order valence-corrected chi connectivity index (χ4v) is 1.74. The van der Waals surface area contributed by atoms with Crippen LogP contribution in [-0.4, -0.2) is 43.9 Å². The lowest BCUT2D eigenvalue weighted by Gasteiger charge is -2.07. The molecule has 2 amide bonds. The Labute approximate surface area is 142 Å². The Bertz CT molecular complexity index is 559. The standard InChI is InChI=1S/C17H25N3O4/c1-4-23-15-8-5-7-14(11-15)12-19-20-17(22)16(21)18-9-6-10-24-13(2)3/h5,7-8,11-13H,4,6,9-10H2,1-3H3,(H,18,21)(H,20,22)/b19-12-. The van der Waals surface area contributed by atoms with Crippen LogP contribution in [0, 0.1) is 0 Å². The van der Waals surface area contributed by atoms with Crippen LogP contribution in [0.3, 0.4) is 0 Å². The van der Waals surface area contributed by atoms with Gasteiger partial charge in [0.2, 0.25) is 0 Å².